The number of rotatable bonds is 9. The van der Waals surface area contributed by atoms with E-state index in [9.17, 15) is 13.2 Å². The molecule has 162 valence electrons. The van der Waals surface area contributed by atoms with E-state index in [1.807, 2.05) is 36.4 Å². The topological polar surface area (TPSA) is 95.2 Å². The van der Waals surface area contributed by atoms with Crippen LogP contribution in [-0.2, 0) is 21.2 Å². The van der Waals surface area contributed by atoms with E-state index in [0.717, 1.165) is 35.4 Å². The molecule has 7 nitrogen and oxygen atoms in total. The Bertz CT molecular complexity index is 1140. The molecular weight excluding hydrogens is 412 g/mol. The minimum Gasteiger partial charge on any atom is -0.342 e. The fourth-order valence-corrected chi connectivity index (χ4v) is 3.76. The number of benzene rings is 2. The number of nitrogens with one attached hydrogen (secondary N) is 2. The molecule has 0 aliphatic carbocycles. The third kappa shape index (κ3) is 6.13. The third-order valence-electron chi connectivity index (χ3n) is 4.89. The highest BCUT2D eigenvalue weighted by atomic mass is 32.2. The lowest BCUT2D eigenvalue weighted by atomic mass is 10.1. The van der Waals surface area contributed by atoms with E-state index in [0.29, 0.717) is 6.54 Å². The number of sulfonamides is 1. The Labute approximate surface area is 182 Å². The molecule has 3 rings (SSSR count). The minimum atomic E-state index is -3.46. The van der Waals surface area contributed by atoms with Gasteiger partial charge in [0, 0.05) is 30.9 Å². The fraction of sp³-hybridized carbons (Fsp3) is 0.217. The quantitative estimate of drug-likeness (QED) is 0.502. The predicted molar refractivity (Wildman–Crippen MR) is 122 cm³/mol. The molecule has 0 aliphatic rings. The van der Waals surface area contributed by atoms with Crippen molar-refractivity contribution in [2.45, 2.75) is 17.7 Å². The molecular formula is C23H26N4O3S. The number of aromatic nitrogens is 2. The molecule has 1 heterocycles. The van der Waals surface area contributed by atoms with Crippen molar-refractivity contribution in [3.05, 3.63) is 78.0 Å². The highest BCUT2D eigenvalue weighted by molar-refractivity contribution is 7.89. The van der Waals surface area contributed by atoms with E-state index < -0.39 is 10.0 Å². The summed E-state index contributed by atoms with van der Waals surface area (Å²) in [7, 11) is -0.335. The SMILES string of the molecule is CNS(=O)(=O)c1ccc(C=CC(=O)N(C)CCCc2cc(-c3ccccc3)n[nH]2)cc1. The number of carbonyl (C=O) groups excluding carboxylic acids is 1. The first-order valence-corrected chi connectivity index (χ1v) is 11.4. The van der Waals surface area contributed by atoms with Crippen molar-refractivity contribution < 1.29 is 13.2 Å². The second kappa shape index (κ2) is 10.2. The van der Waals surface area contributed by atoms with Crippen molar-refractivity contribution in [3.63, 3.8) is 0 Å². The molecule has 0 atom stereocenters. The lowest BCUT2D eigenvalue weighted by Crippen LogP contribution is -2.26. The van der Waals surface area contributed by atoms with E-state index in [4.69, 9.17) is 0 Å². The smallest absolute Gasteiger partial charge is 0.246 e. The predicted octanol–water partition coefficient (Wildman–Crippen LogP) is 3.09. The number of hydrogen-bond donors (Lipinski definition) is 2. The van der Waals surface area contributed by atoms with Crippen LogP contribution in [0.3, 0.4) is 0 Å². The summed E-state index contributed by atoms with van der Waals surface area (Å²) in [6.45, 7) is 0.613. The normalized spacial score (nSPS) is 11.7. The summed E-state index contributed by atoms with van der Waals surface area (Å²) in [4.78, 5) is 14.2. The van der Waals surface area contributed by atoms with Gasteiger partial charge in [-0.25, -0.2) is 13.1 Å². The number of hydrogen-bond acceptors (Lipinski definition) is 4. The van der Waals surface area contributed by atoms with Gasteiger partial charge in [0.15, 0.2) is 0 Å². The molecule has 0 radical (unpaired) electrons. The molecule has 31 heavy (non-hydrogen) atoms. The molecule has 0 saturated carbocycles. The average molecular weight is 439 g/mol. The lowest BCUT2D eigenvalue weighted by Gasteiger charge is -2.14. The number of aryl methyl sites for hydroxylation is 1. The van der Waals surface area contributed by atoms with Crippen molar-refractivity contribution in [1.82, 2.24) is 19.8 Å². The standard InChI is InChI=1S/C23H26N4O3S/c1-24-31(29,30)21-13-10-18(11-14-21)12-15-23(28)27(2)16-6-9-20-17-22(26-25-20)19-7-4-3-5-8-19/h3-5,7-8,10-15,17,24H,6,9,16H2,1-2H3,(H,25,26). The van der Waals surface area contributed by atoms with Gasteiger partial charge < -0.3 is 4.90 Å². The Kier molecular flexibility index (Phi) is 7.38. The molecule has 8 heteroatoms. The molecule has 0 unspecified atom stereocenters. The van der Waals surface area contributed by atoms with E-state index in [1.165, 1.54) is 25.3 Å². The van der Waals surface area contributed by atoms with Crippen LogP contribution < -0.4 is 4.72 Å². The molecule has 0 bridgehead atoms. The van der Waals surface area contributed by atoms with E-state index in [-0.39, 0.29) is 10.8 Å². The van der Waals surface area contributed by atoms with Gasteiger partial charge in [0.2, 0.25) is 15.9 Å². The zero-order chi connectivity index (χ0) is 22.3. The van der Waals surface area contributed by atoms with Gasteiger partial charge in [-0.2, -0.15) is 5.10 Å². The van der Waals surface area contributed by atoms with Crippen LogP contribution in [0.2, 0.25) is 0 Å². The van der Waals surface area contributed by atoms with Crippen LogP contribution in [0.1, 0.15) is 17.7 Å². The number of carbonyl (C=O) groups is 1. The number of likely N-dealkylation sites (N-methyl/N-ethyl adjacent to an activating group) is 1. The summed E-state index contributed by atoms with van der Waals surface area (Å²) in [6.07, 6.45) is 4.77. The van der Waals surface area contributed by atoms with Crippen LogP contribution in [0.4, 0.5) is 0 Å². The summed E-state index contributed by atoms with van der Waals surface area (Å²) in [5.74, 6) is -0.110. The van der Waals surface area contributed by atoms with E-state index in [2.05, 4.69) is 14.9 Å². The van der Waals surface area contributed by atoms with Gasteiger partial charge in [0.05, 0.1) is 10.6 Å². The summed E-state index contributed by atoms with van der Waals surface area (Å²) < 4.78 is 25.8. The van der Waals surface area contributed by atoms with Gasteiger partial charge in [0.1, 0.15) is 0 Å². The highest BCUT2D eigenvalue weighted by Gasteiger charge is 2.10. The molecule has 2 aromatic carbocycles. The molecule has 3 aromatic rings. The number of aromatic amines is 1. The van der Waals surface area contributed by atoms with Gasteiger partial charge in [-0.3, -0.25) is 9.89 Å². The van der Waals surface area contributed by atoms with Gasteiger partial charge >= 0.3 is 0 Å². The maximum Gasteiger partial charge on any atom is 0.246 e. The maximum absolute atomic E-state index is 12.3. The van der Waals surface area contributed by atoms with E-state index >= 15 is 0 Å². The first kappa shape index (κ1) is 22.5. The van der Waals surface area contributed by atoms with Crippen molar-refractivity contribution in [1.29, 1.82) is 0 Å². The highest BCUT2D eigenvalue weighted by Crippen LogP contribution is 2.17. The molecule has 0 fully saturated rings. The van der Waals surface area contributed by atoms with Crippen LogP contribution in [-0.4, -0.2) is 50.1 Å². The van der Waals surface area contributed by atoms with Crippen LogP contribution in [0.15, 0.2) is 71.6 Å². The van der Waals surface area contributed by atoms with Gasteiger partial charge in [-0.05, 0) is 49.7 Å². The number of amides is 1. The maximum atomic E-state index is 12.3. The second-order valence-electron chi connectivity index (χ2n) is 7.12. The summed E-state index contributed by atoms with van der Waals surface area (Å²) in [5.41, 5.74) is 3.77. The van der Waals surface area contributed by atoms with Gasteiger partial charge in [0.25, 0.3) is 0 Å². The Morgan fingerprint density at radius 1 is 1.13 bits per heavy atom. The van der Waals surface area contributed by atoms with Gasteiger partial charge in [-0.1, -0.05) is 42.5 Å². The average Bonchev–Trinajstić information content (AvgIpc) is 3.27. The lowest BCUT2D eigenvalue weighted by molar-refractivity contribution is -0.124. The zero-order valence-corrected chi connectivity index (χ0v) is 18.4. The Hall–Kier alpha value is -3.23. The Morgan fingerprint density at radius 3 is 2.52 bits per heavy atom. The molecule has 1 amide bonds. The largest absolute Gasteiger partial charge is 0.342 e. The van der Waals surface area contributed by atoms with Crippen molar-refractivity contribution in [2.75, 3.05) is 20.6 Å². The van der Waals surface area contributed by atoms with Crippen molar-refractivity contribution >= 4 is 22.0 Å². The molecule has 0 spiro atoms. The number of H-pyrrole nitrogens is 1. The molecule has 0 saturated heterocycles. The molecule has 1 aromatic heterocycles. The summed E-state index contributed by atoms with van der Waals surface area (Å²) in [6, 6.07) is 18.4. The van der Waals surface area contributed by atoms with Gasteiger partial charge in [-0.15, -0.1) is 0 Å². The van der Waals surface area contributed by atoms with Crippen molar-refractivity contribution in [2.24, 2.45) is 0 Å². The monoisotopic (exact) mass is 438 g/mol. The Balaban J connectivity index is 1.48. The Morgan fingerprint density at radius 2 is 1.84 bits per heavy atom. The van der Waals surface area contributed by atoms with Crippen molar-refractivity contribution in [3.8, 4) is 11.3 Å². The van der Waals surface area contributed by atoms with Crippen LogP contribution in [0, 0.1) is 0 Å². The third-order valence-corrected chi connectivity index (χ3v) is 6.32. The minimum absolute atomic E-state index is 0.110. The second-order valence-corrected chi connectivity index (χ2v) is 9.00. The number of nitrogens with zero attached hydrogens (tertiary/aromatic N) is 2. The molecule has 0 aliphatic heterocycles. The summed E-state index contributed by atoms with van der Waals surface area (Å²) >= 11 is 0. The zero-order valence-electron chi connectivity index (χ0n) is 17.6. The van der Waals surface area contributed by atoms with E-state index in [1.54, 1.807) is 30.2 Å². The van der Waals surface area contributed by atoms with Crippen LogP contribution in [0.25, 0.3) is 17.3 Å². The first-order valence-electron chi connectivity index (χ1n) is 9.95. The summed E-state index contributed by atoms with van der Waals surface area (Å²) in [5, 5.41) is 7.41. The first-order chi connectivity index (χ1) is 14.9. The fourth-order valence-electron chi connectivity index (χ4n) is 3.03. The van der Waals surface area contributed by atoms with Crippen LogP contribution in [0.5, 0.6) is 0 Å². The van der Waals surface area contributed by atoms with Crippen LogP contribution >= 0.6 is 0 Å². The molecule has 2 N–H and O–H groups in total.